The zero-order chi connectivity index (χ0) is 13.4. The minimum Gasteiger partial charge on any atom is -0.489 e. The third-order valence-corrected chi connectivity index (χ3v) is 3.26. The van der Waals surface area contributed by atoms with E-state index < -0.39 is 0 Å². The first-order chi connectivity index (χ1) is 8.71. The first-order valence-electron chi connectivity index (χ1n) is 7.20. The summed E-state index contributed by atoms with van der Waals surface area (Å²) in [6.07, 6.45) is 3.62. The average Bonchev–Trinajstić information content (AvgIpc) is 2.38. The van der Waals surface area contributed by atoms with Crippen LogP contribution in [0.2, 0.25) is 0 Å². The highest BCUT2D eigenvalue weighted by atomic mass is 16.5. The molecular formula is C16H27NO. The van der Waals surface area contributed by atoms with Crippen LogP contribution < -0.4 is 10.1 Å². The van der Waals surface area contributed by atoms with E-state index in [2.05, 4.69) is 57.3 Å². The zero-order valence-electron chi connectivity index (χ0n) is 12.2. The fraction of sp³-hybridized carbons (Fsp3) is 0.625. The zero-order valence-corrected chi connectivity index (χ0v) is 12.2. The van der Waals surface area contributed by atoms with Crippen molar-refractivity contribution in [2.45, 2.75) is 59.1 Å². The minimum atomic E-state index is 0.201. The summed E-state index contributed by atoms with van der Waals surface area (Å²) in [6.45, 7) is 9.65. The van der Waals surface area contributed by atoms with Gasteiger partial charge in [-0.05, 0) is 44.0 Å². The number of hydrogen-bond donors (Lipinski definition) is 1. The molecule has 1 aromatic carbocycles. The molecule has 0 radical (unpaired) electrons. The van der Waals surface area contributed by atoms with Crippen molar-refractivity contribution in [3.63, 3.8) is 0 Å². The van der Waals surface area contributed by atoms with Crippen LogP contribution in [0.4, 0.5) is 0 Å². The maximum Gasteiger partial charge on any atom is 0.119 e. The average molecular weight is 249 g/mol. The van der Waals surface area contributed by atoms with Crippen LogP contribution in [-0.4, -0.2) is 18.7 Å². The third-order valence-electron chi connectivity index (χ3n) is 3.26. The van der Waals surface area contributed by atoms with Gasteiger partial charge in [0.2, 0.25) is 0 Å². The number of nitrogens with one attached hydrogen (secondary N) is 1. The molecular weight excluding hydrogens is 222 g/mol. The lowest BCUT2D eigenvalue weighted by Crippen LogP contribution is -2.40. The first-order valence-corrected chi connectivity index (χ1v) is 7.20. The van der Waals surface area contributed by atoms with Gasteiger partial charge in [0.1, 0.15) is 11.9 Å². The molecule has 1 aromatic rings. The van der Waals surface area contributed by atoms with Gasteiger partial charge in [-0.25, -0.2) is 0 Å². The second-order valence-electron chi connectivity index (χ2n) is 4.79. The Morgan fingerprint density at radius 1 is 1.11 bits per heavy atom. The Hall–Kier alpha value is -1.02. The highest BCUT2D eigenvalue weighted by molar-refractivity contribution is 5.27. The van der Waals surface area contributed by atoms with Crippen LogP contribution >= 0.6 is 0 Å². The van der Waals surface area contributed by atoms with Crippen LogP contribution in [0.5, 0.6) is 5.75 Å². The van der Waals surface area contributed by atoms with Crippen molar-refractivity contribution in [2.24, 2.45) is 0 Å². The predicted molar refractivity (Wildman–Crippen MR) is 78.3 cm³/mol. The lowest BCUT2D eigenvalue weighted by Gasteiger charge is -2.24. The quantitative estimate of drug-likeness (QED) is 0.756. The normalized spacial score (nSPS) is 14.2. The molecule has 2 nitrogen and oxygen atoms in total. The van der Waals surface area contributed by atoms with Gasteiger partial charge in [-0.2, -0.15) is 0 Å². The van der Waals surface area contributed by atoms with Crippen molar-refractivity contribution in [3.05, 3.63) is 29.8 Å². The molecule has 0 fully saturated rings. The van der Waals surface area contributed by atoms with Gasteiger partial charge in [0.25, 0.3) is 0 Å². The number of hydrogen-bond acceptors (Lipinski definition) is 2. The molecule has 2 unspecified atom stereocenters. The van der Waals surface area contributed by atoms with Gasteiger partial charge < -0.3 is 10.1 Å². The molecule has 0 saturated heterocycles. The molecule has 1 N–H and O–H groups in total. The summed E-state index contributed by atoms with van der Waals surface area (Å²) in [4.78, 5) is 0. The summed E-state index contributed by atoms with van der Waals surface area (Å²) in [7, 11) is 0. The lowest BCUT2D eigenvalue weighted by atomic mass is 10.1. The van der Waals surface area contributed by atoms with Crippen molar-refractivity contribution in [1.82, 2.24) is 5.32 Å². The summed E-state index contributed by atoms with van der Waals surface area (Å²) in [5.74, 6) is 0.971. The number of aryl methyl sites for hydroxylation is 1. The Balaban J connectivity index is 2.55. The van der Waals surface area contributed by atoms with E-state index >= 15 is 0 Å². The SMILES string of the molecule is CCCc1ccc(OC(C)C(CC)NCC)cc1. The van der Waals surface area contributed by atoms with E-state index in [0.29, 0.717) is 6.04 Å². The summed E-state index contributed by atoms with van der Waals surface area (Å²) in [6, 6.07) is 8.92. The molecule has 0 saturated carbocycles. The summed E-state index contributed by atoms with van der Waals surface area (Å²) < 4.78 is 5.99. The topological polar surface area (TPSA) is 21.3 Å². The van der Waals surface area contributed by atoms with Gasteiger partial charge in [0, 0.05) is 6.04 Å². The lowest BCUT2D eigenvalue weighted by molar-refractivity contribution is 0.168. The molecule has 0 aliphatic rings. The second-order valence-corrected chi connectivity index (χ2v) is 4.79. The molecule has 0 aliphatic heterocycles. The predicted octanol–water partition coefficient (Wildman–Crippen LogP) is 3.79. The van der Waals surface area contributed by atoms with Crippen LogP contribution in [0.1, 0.15) is 46.1 Å². The van der Waals surface area contributed by atoms with Gasteiger partial charge in [-0.3, -0.25) is 0 Å². The fourth-order valence-corrected chi connectivity index (χ4v) is 2.22. The number of likely N-dealkylation sites (N-methyl/N-ethyl adjacent to an activating group) is 1. The second kappa shape index (κ2) is 8.15. The Bertz CT molecular complexity index is 320. The van der Waals surface area contributed by atoms with Gasteiger partial charge in [0.05, 0.1) is 0 Å². The van der Waals surface area contributed by atoms with Gasteiger partial charge in [-0.1, -0.05) is 39.3 Å². The van der Waals surface area contributed by atoms with Crippen LogP contribution in [0.15, 0.2) is 24.3 Å². The van der Waals surface area contributed by atoms with E-state index in [1.807, 2.05) is 0 Å². The number of ether oxygens (including phenoxy) is 1. The fourth-order valence-electron chi connectivity index (χ4n) is 2.22. The van der Waals surface area contributed by atoms with Crippen molar-refractivity contribution in [2.75, 3.05) is 6.54 Å². The largest absolute Gasteiger partial charge is 0.489 e. The van der Waals surface area contributed by atoms with E-state index in [1.165, 1.54) is 12.0 Å². The van der Waals surface area contributed by atoms with Gasteiger partial charge in [0.15, 0.2) is 0 Å². The van der Waals surface area contributed by atoms with Crippen molar-refractivity contribution in [3.8, 4) is 5.75 Å². The molecule has 0 heterocycles. The van der Waals surface area contributed by atoms with Gasteiger partial charge >= 0.3 is 0 Å². The number of benzene rings is 1. The van der Waals surface area contributed by atoms with E-state index in [4.69, 9.17) is 4.74 Å². The molecule has 2 atom stereocenters. The van der Waals surface area contributed by atoms with Crippen molar-refractivity contribution < 1.29 is 4.74 Å². The van der Waals surface area contributed by atoms with E-state index in [1.54, 1.807) is 0 Å². The monoisotopic (exact) mass is 249 g/mol. The summed E-state index contributed by atoms with van der Waals surface area (Å²) in [5.41, 5.74) is 1.39. The minimum absolute atomic E-state index is 0.201. The van der Waals surface area contributed by atoms with Crippen LogP contribution in [0, 0.1) is 0 Å². The van der Waals surface area contributed by atoms with E-state index in [0.717, 1.165) is 25.1 Å². The Morgan fingerprint density at radius 2 is 1.78 bits per heavy atom. The third kappa shape index (κ3) is 4.69. The Kier molecular flexibility index (Phi) is 6.81. The van der Waals surface area contributed by atoms with Crippen molar-refractivity contribution >= 4 is 0 Å². The maximum atomic E-state index is 5.99. The molecule has 1 rings (SSSR count). The van der Waals surface area contributed by atoms with E-state index in [-0.39, 0.29) is 6.10 Å². The van der Waals surface area contributed by atoms with Crippen LogP contribution in [0.3, 0.4) is 0 Å². The first kappa shape index (κ1) is 15.0. The van der Waals surface area contributed by atoms with E-state index in [9.17, 15) is 0 Å². The molecule has 102 valence electrons. The molecule has 0 bridgehead atoms. The molecule has 0 amide bonds. The maximum absolute atomic E-state index is 5.99. The molecule has 0 aromatic heterocycles. The standard InChI is InChI=1S/C16H27NO/c1-5-8-14-9-11-15(12-10-14)18-13(4)16(6-2)17-7-3/h9-13,16-17H,5-8H2,1-4H3. The van der Waals surface area contributed by atoms with Crippen LogP contribution in [-0.2, 0) is 6.42 Å². The highest BCUT2D eigenvalue weighted by Crippen LogP contribution is 2.16. The van der Waals surface area contributed by atoms with Crippen LogP contribution in [0.25, 0.3) is 0 Å². The smallest absolute Gasteiger partial charge is 0.119 e. The molecule has 0 aliphatic carbocycles. The molecule has 2 heteroatoms. The van der Waals surface area contributed by atoms with Gasteiger partial charge in [-0.15, -0.1) is 0 Å². The Labute approximate surface area is 112 Å². The Morgan fingerprint density at radius 3 is 2.28 bits per heavy atom. The molecule has 18 heavy (non-hydrogen) atoms. The number of rotatable bonds is 8. The highest BCUT2D eigenvalue weighted by Gasteiger charge is 2.15. The summed E-state index contributed by atoms with van der Waals surface area (Å²) >= 11 is 0. The summed E-state index contributed by atoms with van der Waals surface area (Å²) in [5, 5.41) is 3.46. The molecule has 0 spiro atoms. The van der Waals surface area contributed by atoms with Crippen molar-refractivity contribution in [1.29, 1.82) is 0 Å².